The van der Waals surface area contributed by atoms with Gasteiger partial charge in [-0.1, -0.05) is 23.9 Å². The number of benzene rings is 1. The third-order valence-electron chi connectivity index (χ3n) is 2.03. The lowest BCUT2D eigenvalue weighted by Gasteiger charge is -2.20. The molecule has 0 aromatic heterocycles. The number of aromatic carboxylic acids is 1. The first-order valence-electron chi connectivity index (χ1n) is 5.23. The fraction of sp³-hybridized carbons (Fsp3) is 0.333. The first kappa shape index (κ1) is 15.9. The predicted molar refractivity (Wildman–Crippen MR) is 68.4 cm³/mol. The summed E-state index contributed by atoms with van der Waals surface area (Å²) in [5.41, 5.74) is 5.29. The standard InChI is InChI=1S/C7H6O3.C5H14N3/c8-6-4-2-1-3-5(6)7(9)10;1-7-5(6)8(2,3)4/h1-4,8H,(H,9,10);1-4H3,(H2,6,7)/q;+1/p-1. The third-order valence-corrected chi connectivity index (χ3v) is 2.03. The smallest absolute Gasteiger partial charge is 0.335 e. The van der Waals surface area contributed by atoms with Crippen molar-refractivity contribution in [2.45, 2.75) is 0 Å². The molecule has 0 aliphatic heterocycles. The second kappa shape index (κ2) is 6.61. The van der Waals surface area contributed by atoms with Gasteiger partial charge in [-0.05, 0) is 6.07 Å². The summed E-state index contributed by atoms with van der Waals surface area (Å²) in [4.78, 5) is 14.0. The van der Waals surface area contributed by atoms with E-state index in [-0.39, 0.29) is 5.56 Å². The molecule has 0 saturated carbocycles. The number of hydrogen-bond donors (Lipinski definition) is 2. The van der Waals surface area contributed by atoms with Crippen molar-refractivity contribution < 1.29 is 19.5 Å². The molecule has 0 aliphatic carbocycles. The van der Waals surface area contributed by atoms with E-state index >= 15 is 0 Å². The maximum absolute atomic E-state index is 10.7. The van der Waals surface area contributed by atoms with E-state index < -0.39 is 11.7 Å². The molecule has 0 bridgehead atoms. The summed E-state index contributed by atoms with van der Waals surface area (Å²) in [6, 6.07) is 5.54. The lowest BCUT2D eigenvalue weighted by atomic mass is 10.2. The Balaban J connectivity index is 0.000000331. The topological polar surface area (TPSA) is 98.7 Å². The molecule has 0 aliphatic rings. The fourth-order valence-electron chi connectivity index (χ4n) is 0.943. The molecule has 18 heavy (non-hydrogen) atoms. The van der Waals surface area contributed by atoms with Crippen molar-refractivity contribution in [3.63, 3.8) is 0 Å². The Labute approximate surface area is 107 Å². The minimum Gasteiger partial charge on any atom is -0.872 e. The summed E-state index contributed by atoms with van der Waals surface area (Å²) in [6.45, 7) is 0. The number of carboxylic acids is 1. The minimum absolute atomic E-state index is 0.178. The molecule has 0 heterocycles. The molecule has 1 rings (SSSR count). The molecule has 1 aromatic carbocycles. The van der Waals surface area contributed by atoms with Gasteiger partial charge in [0.2, 0.25) is 0 Å². The zero-order valence-corrected chi connectivity index (χ0v) is 11.0. The van der Waals surface area contributed by atoms with E-state index in [1.807, 2.05) is 21.1 Å². The van der Waals surface area contributed by atoms with E-state index in [4.69, 9.17) is 10.8 Å². The molecular formula is C12H19N3O3. The minimum atomic E-state index is -1.18. The van der Waals surface area contributed by atoms with Crippen LogP contribution in [0.2, 0.25) is 0 Å². The SMILES string of the molecule is CN=C(N)[N+](C)(C)C.O=C(O)c1ccccc1[O-]. The summed E-state index contributed by atoms with van der Waals surface area (Å²) in [6.07, 6.45) is 0. The summed E-state index contributed by atoms with van der Waals surface area (Å²) in [5, 5.41) is 19.0. The second-order valence-corrected chi connectivity index (χ2v) is 4.40. The van der Waals surface area contributed by atoms with Gasteiger partial charge in [-0.15, -0.1) is 0 Å². The average molecular weight is 253 g/mol. The molecule has 100 valence electrons. The Morgan fingerprint density at radius 1 is 1.33 bits per heavy atom. The first-order chi connectivity index (χ1) is 8.20. The van der Waals surface area contributed by atoms with Crippen molar-refractivity contribution in [1.82, 2.24) is 0 Å². The Morgan fingerprint density at radius 3 is 2.06 bits per heavy atom. The van der Waals surface area contributed by atoms with Gasteiger partial charge in [-0.25, -0.2) is 9.79 Å². The van der Waals surface area contributed by atoms with Crippen LogP contribution < -0.4 is 10.8 Å². The van der Waals surface area contributed by atoms with Gasteiger partial charge in [-0.2, -0.15) is 0 Å². The number of guanidine groups is 1. The molecule has 0 fully saturated rings. The number of carbonyl (C=O) groups is 1. The van der Waals surface area contributed by atoms with Crippen molar-refractivity contribution >= 4 is 11.9 Å². The van der Waals surface area contributed by atoms with Crippen molar-refractivity contribution in [3.05, 3.63) is 29.8 Å². The van der Waals surface area contributed by atoms with E-state index in [9.17, 15) is 9.90 Å². The first-order valence-corrected chi connectivity index (χ1v) is 5.23. The summed E-state index contributed by atoms with van der Waals surface area (Å²) in [7, 11) is 7.62. The van der Waals surface area contributed by atoms with E-state index in [1.54, 1.807) is 7.05 Å². The van der Waals surface area contributed by atoms with E-state index in [1.165, 1.54) is 24.3 Å². The summed E-state index contributed by atoms with van der Waals surface area (Å²) in [5.74, 6) is -0.981. The molecule has 3 N–H and O–H groups in total. The van der Waals surface area contributed by atoms with Crippen LogP contribution in [0.1, 0.15) is 10.4 Å². The average Bonchev–Trinajstić information content (AvgIpc) is 2.27. The quantitative estimate of drug-likeness (QED) is 0.421. The Kier molecular flexibility index (Phi) is 5.84. The molecule has 6 heteroatoms. The highest BCUT2D eigenvalue weighted by Gasteiger charge is 2.11. The van der Waals surface area contributed by atoms with Crippen molar-refractivity contribution in [3.8, 4) is 5.75 Å². The number of hydrogen-bond acceptors (Lipinski definition) is 3. The third kappa shape index (κ3) is 5.31. The van der Waals surface area contributed by atoms with Crippen LogP contribution in [0.4, 0.5) is 0 Å². The molecule has 6 nitrogen and oxygen atoms in total. The maximum atomic E-state index is 10.7. The maximum Gasteiger partial charge on any atom is 0.335 e. The van der Waals surface area contributed by atoms with Crippen LogP contribution in [0.15, 0.2) is 29.3 Å². The molecule has 1 aromatic rings. The van der Waals surface area contributed by atoms with Crippen LogP contribution in [-0.2, 0) is 0 Å². The van der Waals surface area contributed by atoms with Crippen LogP contribution in [0.3, 0.4) is 0 Å². The summed E-state index contributed by atoms with van der Waals surface area (Å²) < 4.78 is 0.608. The molecule has 0 spiro atoms. The molecule has 0 unspecified atom stereocenters. The van der Waals surface area contributed by atoms with Gasteiger partial charge in [0.25, 0.3) is 5.96 Å². The van der Waals surface area contributed by atoms with E-state index in [0.29, 0.717) is 10.4 Å². The number of carboxylic acid groups (broad SMARTS) is 1. The van der Waals surface area contributed by atoms with E-state index in [0.717, 1.165) is 0 Å². The Bertz CT molecular complexity index is 436. The van der Waals surface area contributed by atoms with Crippen LogP contribution in [0.5, 0.6) is 5.75 Å². The highest BCUT2D eigenvalue weighted by molar-refractivity contribution is 5.90. The van der Waals surface area contributed by atoms with Crippen LogP contribution in [0.25, 0.3) is 0 Å². The molecule has 0 saturated heterocycles. The zero-order valence-electron chi connectivity index (χ0n) is 11.0. The highest BCUT2D eigenvalue weighted by atomic mass is 16.4. The number of nitrogens with zero attached hydrogens (tertiary/aromatic N) is 2. The van der Waals surface area contributed by atoms with Crippen molar-refractivity contribution in [1.29, 1.82) is 0 Å². The number of rotatable bonds is 1. The van der Waals surface area contributed by atoms with Crippen LogP contribution in [-0.4, -0.2) is 49.7 Å². The number of nitrogens with two attached hydrogens (primary N) is 1. The molecule has 0 radical (unpaired) electrons. The lowest BCUT2D eigenvalue weighted by Crippen LogP contribution is -2.46. The molecule has 0 amide bonds. The fourth-order valence-corrected chi connectivity index (χ4v) is 0.943. The van der Waals surface area contributed by atoms with Crippen LogP contribution in [0, 0.1) is 0 Å². The number of aliphatic imine (C=N–C) groups is 1. The Hall–Kier alpha value is -2.08. The number of quaternary nitrogens is 1. The predicted octanol–water partition coefficient (Wildman–Crippen LogP) is 0.0955. The van der Waals surface area contributed by atoms with Crippen molar-refractivity contribution in [2.24, 2.45) is 10.7 Å². The van der Waals surface area contributed by atoms with Gasteiger partial charge >= 0.3 is 5.97 Å². The van der Waals surface area contributed by atoms with Gasteiger partial charge in [0.1, 0.15) is 0 Å². The van der Waals surface area contributed by atoms with Gasteiger partial charge in [0.05, 0.1) is 26.7 Å². The second-order valence-electron chi connectivity index (χ2n) is 4.40. The molecular weight excluding hydrogens is 234 g/mol. The summed E-state index contributed by atoms with van der Waals surface area (Å²) >= 11 is 0. The monoisotopic (exact) mass is 253 g/mol. The van der Waals surface area contributed by atoms with Gasteiger partial charge < -0.3 is 15.9 Å². The largest absolute Gasteiger partial charge is 0.872 e. The van der Waals surface area contributed by atoms with Crippen LogP contribution >= 0.6 is 0 Å². The van der Waals surface area contributed by atoms with Crippen molar-refractivity contribution in [2.75, 3.05) is 28.2 Å². The van der Waals surface area contributed by atoms with Gasteiger partial charge in [0, 0.05) is 7.05 Å². The van der Waals surface area contributed by atoms with E-state index in [2.05, 4.69) is 4.99 Å². The number of para-hydroxylation sites is 1. The zero-order chi connectivity index (χ0) is 14.3. The Morgan fingerprint density at radius 2 is 1.83 bits per heavy atom. The van der Waals surface area contributed by atoms with Gasteiger partial charge in [-0.3, -0.25) is 4.48 Å². The molecule has 0 atom stereocenters. The normalized spacial score (nSPS) is 11.4. The highest BCUT2D eigenvalue weighted by Crippen LogP contribution is 2.10. The lowest BCUT2D eigenvalue weighted by molar-refractivity contribution is -0.778. The van der Waals surface area contributed by atoms with Gasteiger partial charge in [0.15, 0.2) is 0 Å².